The van der Waals surface area contributed by atoms with E-state index in [-0.39, 0.29) is 6.61 Å². The van der Waals surface area contributed by atoms with E-state index in [1.165, 1.54) is 6.92 Å². The molecule has 0 spiro atoms. The molecule has 0 aliphatic rings. The van der Waals surface area contributed by atoms with Crippen LogP contribution in [0.1, 0.15) is 29.5 Å². The number of esters is 1. The van der Waals surface area contributed by atoms with Gasteiger partial charge in [-0.15, -0.1) is 0 Å². The predicted octanol–water partition coefficient (Wildman–Crippen LogP) is 1.92. The Hall–Kier alpha value is -1.79. The molecule has 1 heterocycles. The Kier molecular flexibility index (Phi) is 3.70. The second-order valence-electron chi connectivity index (χ2n) is 2.81. The fraction of sp³-hybridized carbons (Fsp3) is 0.333. The van der Waals surface area contributed by atoms with E-state index in [1.54, 1.807) is 0 Å². The number of ether oxygens (including phenoxy) is 1. The first kappa shape index (κ1) is 12.3. The van der Waals surface area contributed by atoms with E-state index in [9.17, 15) is 18.0 Å². The maximum absolute atomic E-state index is 13.2. The predicted molar refractivity (Wildman–Crippen MR) is 49.5 cm³/mol. The van der Waals surface area contributed by atoms with E-state index in [4.69, 9.17) is 5.73 Å². The van der Waals surface area contributed by atoms with Crippen LogP contribution in [-0.4, -0.2) is 17.6 Å². The highest BCUT2D eigenvalue weighted by molar-refractivity contribution is 5.88. The molecule has 2 N–H and O–H groups in total. The van der Waals surface area contributed by atoms with Crippen LogP contribution in [0.25, 0.3) is 0 Å². The van der Waals surface area contributed by atoms with E-state index < -0.39 is 35.3 Å². The zero-order valence-corrected chi connectivity index (χ0v) is 8.34. The fourth-order valence-electron chi connectivity index (χ4n) is 1.03. The normalized spacial score (nSPS) is 10.6. The molecule has 1 aromatic heterocycles. The molecule has 0 aromatic carbocycles. The topological polar surface area (TPSA) is 65.2 Å². The summed E-state index contributed by atoms with van der Waals surface area (Å²) in [6.07, 6.45) is -2.98. The lowest BCUT2D eigenvalue weighted by molar-refractivity contribution is 0.0512. The van der Waals surface area contributed by atoms with Gasteiger partial charge >= 0.3 is 5.97 Å². The van der Waals surface area contributed by atoms with Crippen molar-refractivity contribution < 1.29 is 22.7 Å². The highest BCUT2D eigenvalue weighted by Crippen LogP contribution is 2.24. The summed E-state index contributed by atoms with van der Waals surface area (Å²) in [5.41, 5.74) is 3.02. The quantitative estimate of drug-likeness (QED) is 0.811. The Balaban J connectivity index is 3.19. The van der Waals surface area contributed by atoms with Gasteiger partial charge in [-0.3, -0.25) is 0 Å². The zero-order valence-electron chi connectivity index (χ0n) is 8.34. The number of aromatic nitrogens is 1. The van der Waals surface area contributed by atoms with E-state index in [0.717, 1.165) is 0 Å². The minimum Gasteiger partial charge on any atom is -0.461 e. The number of rotatable bonds is 3. The third-order valence-corrected chi connectivity index (χ3v) is 1.71. The fourth-order valence-corrected chi connectivity index (χ4v) is 1.03. The smallest absolute Gasteiger partial charge is 0.360 e. The van der Waals surface area contributed by atoms with Crippen LogP contribution in [0, 0.1) is 5.82 Å². The highest BCUT2D eigenvalue weighted by atomic mass is 19.3. The maximum atomic E-state index is 13.2. The van der Waals surface area contributed by atoms with Gasteiger partial charge in [-0.2, -0.15) is 0 Å². The Labute approximate surface area is 89.2 Å². The molecule has 0 atom stereocenters. The number of nitrogens with two attached hydrogens (primary N) is 1. The molecule has 7 heteroatoms. The number of alkyl halides is 2. The number of nitrogen functional groups attached to an aromatic ring is 1. The van der Waals surface area contributed by atoms with Crippen molar-refractivity contribution in [2.45, 2.75) is 13.3 Å². The summed E-state index contributed by atoms with van der Waals surface area (Å²) in [7, 11) is 0. The standard InChI is InChI=1S/C9H9F3N2O2/c1-2-16-9(15)6-4(10)3-5(13)7(14-6)8(11)12/h3,8H,2,13H2,1H3. The third-order valence-electron chi connectivity index (χ3n) is 1.71. The molecule has 4 nitrogen and oxygen atoms in total. The SMILES string of the molecule is CCOC(=O)c1nc(C(F)F)c(N)cc1F. The summed E-state index contributed by atoms with van der Waals surface area (Å²) in [6, 6.07) is 0.626. The van der Waals surface area contributed by atoms with E-state index >= 15 is 0 Å². The maximum Gasteiger partial charge on any atom is 0.360 e. The summed E-state index contributed by atoms with van der Waals surface area (Å²) in [6.45, 7) is 1.50. The second-order valence-corrected chi connectivity index (χ2v) is 2.81. The number of carbonyl (C=O) groups is 1. The second kappa shape index (κ2) is 4.82. The van der Waals surface area contributed by atoms with Gasteiger partial charge in [0, 0.05) is 6.07 Å². The molecule has 0 amide bonds. The summed E-state index contributed by atoms with van der Waals surface area (Å²) in [4.78, 5) is 14.3. The molecule has 0 radical (unpaired) electrons. The van der Waals surface area contributed by atoms with Crippen molar-refractivity contribution in [3.63, 3.8) is 0 Å². The van der Waals surface area contributed by atoms with E-state index in [0.29, 0.717) is 6.07 Å². The van der Waals surface area contributed by atoms with Crippen LogP contribution in [0.15, 0.2) is 6.07 Å². The lowest BCUT2D eigenvalue weighted by Gasteiger charge is -2.07. The molecule has 0 saturated heterocycles. The number of halogens is 3. The van der Waals surface area contributed by atoms with E-state index in [2.05, 4.69) is 9.72 Å². The number of carbonyl (C=O) groups excluding carboxylic acids is 1. The summed E-state index contributed by atoms with van der Waals surface area (Å²) < 4.78 is 42.4. The summed E-state index contributed by atoms with van der Waals surface area (Å²) >= 11 is 0. The lowest BCUT2D eigenvalue weighted by Crippen LogP contribution is -2.13. The van der Waals surface area contributed by atoms with Gasteiger partial charge < -0.3 is 10.5 Å². The Morgan fingerprint density at radius 2 is 2.25 bits per heavy atom. The van der Waals surface area contributed by atoms with Crippen molar-refractivity contribution in [2.75, 3.05) is 12.3 Å². The van der Waals surface area contributed by atoms with Crippen molar-refractivity contribution in [3.8, 4) is 0 Å². The van der Waals surface area contributed by atoms with Gasteiger partial charge in [-0.25, -0.2) is 22.9 Å². The molecule has 88 valence electrons. The molecular formula is C9H9F3N2O2. The van der Waals surface area contributed by atoms with Crippen molar-refractivity contribution in [2.24, 2.45) is 0 Å². The highest BCUT2D eigenvalue weighted by Gasteiger charge is 2.22. The van der Waals surface area contributed by atoms with Gasteiger partial charge in [0.1, 0.15) is 5.69 Å². The number of hydrogen-bond donors (Lipinski definition) is 1. The first-order valence-electron chi connectivity index (χ1n) is 4.38. The van der Waals surface area contributed by atoms with Crippen LogP contribution in [0.4, 0.5) is 18.9 Å². The van der Waals surface area contributed by atoms with Crippen molar-refractivity contribution in [1.29, 1.82) is 0 Å². The van der Waals surface area contributed by atoms with Crippen LogP contribution in [0.3, 0.4) is 0 Å². The van der Waals surface area contributed by atoms with Gasteiger partial charge in [0.15, 0.2) is 11.5 Å². The van der Waals surface area contributed by atoms with E-state index in [1.807, 2.05) is 0 Å². The molecule has 0 saturated carbocycles. The minimum absolute atomic E-state index is 0.00561. The largest absolute Gasteiger partial charge is 0.461 e. The molecule has 0 aliphatic heterocycles. The molecular weight excluding hydrogens is 225 g/mol. The van der Waals surface area contributed by atoms with Gasteiger partial charge in [0.2, 0.25) is 0 Å². The number of nitrogens with zero attached hydrogens (tertiary/aromatic N) is 1. The van der Waals surface area contributed by atoms with Gasteiger partial charge in [0.05, 0.1) is 12.3 Å². The van der Waals surface area contributed by atoms with Crippen LogP contribution in [-0.2, 0) is 4.74 Å². The molecule has 0 aliphatic carbocycles. The lowest BCUT2D eigenvalue weighted by atomic mass is 10.2. The average Bonchev–Trinajstić information content (AvgIpc) is 2.17. The van der Waals surface area contributed by atoms with Crippen molar-refractivity contribution >= 4 is 11.7 Å². The summed E-state index contributed by atoms with van der Waals surface area (Å²) in [5, 5.41) is 0. The minimum atomic E-state index is -2.98. The van der Waals surface area contributed by atoms with Crippen LogP contribution < -0.4 is 5.73 Å². The van der Waals surface area contributed by atoms with Crippen LogP contribution >= 0.6 is 0 Å². The molecule has 0 bridgehead atoms. The number of anilines is 1. The van der Waals surface area contributed by atoms with Crippen molar-refractivity contribution in [3.05, 3.63) is 23.3 Å². The number of hydrogen-bond acceptors (Lipinski definition) is 4. The first-order valence-corrected chi connectivity index (χ1v) is 4.38. The van der Waals surface area contributed by atoms with Gasteiger partial charge in [-0.1, -0.05) is 0 Å². The molecule has 0 unspecified atom stereocenters. The molecule has 0 fully saturated rings. The molecule has 1 rings (SSSR count). The van der Waals surface area contributed by atoms with Crippen molar-refractivity contribution in [1.82, 2.24) is 4.98 Å². The Morgan fingerprint density at radius 1 is 1.62 bits per heavy atom. The Morgan fingerprint density at radius 3 is 2.75 bits per heavy atom. The molecule has 16 heavy (non-hydrogen) atoms. The Bertz CT molecular complexity index is 410. The third kappa shape index (κ3) is 2.41. The van der Waals surface area contributed by atoms with Gasteiger partial charge in [-0.05, 0) is 6.92 Å². The van der Waals surface area contributed by atoms with Crippen LogP contribution in [0.5, 0.6) is 0 Å². The van der Waals surface area contributed by atoms with Crippen LogP contribution in [0.2, 0.25) is 0 Å². The molecule has 1 aromatic rings. The zero-order chi connectivity index (χ0) is 12.3. The first-order chi connectivity index (χ1) is 7.47. The summed E-state index contributed by atoms with van der Waals surface area (Å²) in [5.74, 6) is -2.18. The number of pyridine rings is 1. The average molecular weight is 234 g/mol. The van der Waals surface area contributed by atoms with Gasteiger partial charge in [0.25, 0.3) is 6.43 Å². The monoisotopic (exact) mass is 234 g/mol.